The van der Waals surface area contributed by atoms with Crippen LogP contribution in [0.1, 0.15) is 29.6 Å². The second-order valence-electron chi connectivity index (χ2n) is 3.95. The maximum Gasteiger partial charge on any atom is 0.256 e. The van der Waals surface area contributed by atoms with Gasteiger partial charge in [0.05, 0.1) is 11.8 Å². The molecule has 1 fully saturated rings. The fraction of sp³-hybridized carbons (Fsp3) is 0.545. The summed E-state index contributed by atoms with van der Waals surface area (Å²) in [5.41, 5.74) is 0.404. The smallest absolute Gasteiger partial charge is 0.256 e. The first-order valence-corrected chi connectivity index (χ1v) is 5.90. The minimum Gasteiger partial charge on any atom is -0.452 e. The average molecular weight is 243 g/mol. The molecule has 0 unspecified atom stereocenters. The third-order valence-corrected chi connectivity index (χ3v) is 3.10. The zero-order valence-electron chi connectivity index (χ0n) is 8.96. The maximum atomic E-state index is 11.6. The van der Waals surface area contributed by atoms with E-state index in [1.54, 1.807) is 6.07 Å². The minimum atomic E-state index is -0.170. The number of nitrogens with one attached hydrogen (secondary N) is 2. The number of halogens is 1. The summed E-state index contributed by atoms with van der Waals surface area (Å²) in [6.45, 7) is 1.75. The lowest BCUT2D eigenvalue weighted by atomic mass is 10.1. The lowest BCUT2D eigenvalue weighted by Crippen LogP contribution is -2.30. The van der Waals surface area contributed by atoms with E-state index in [1.165, 1.54) is 19.1 Å². The molecule has 1 atom stereocenters. The number of amides is 1. The van der Waals surface area contributed by atoms with E-state index in [1.807, 2.05) is 0 Å². The zero-order chi connectivity index (χ0) is 11.4. The van der Waals surface area contributed by atoms with Gasteiger partial charge in [-0.25, -0.2) is 0 Å². The van der Waals surface area contributed by atoms with Crippen molar-refractivity contribution in [3.05, 3.63) is 23.1 Å². The van der Waals surface area contributed by atoms with Gasteiger partial charge >= 0.3 is 0 Å². The number of hydrogen-bond donors (Lipinski definition) is 2. The monoisotopic (exact) mass is 242 g/mol. The maximum absolute atomic E-state index is 11.6. The topological polar surface area (TPSA) is 54.3 Å². The van der Waals surface area contributed by atoms with Gasteiger partial charge in [-0.1, -0.05) is 0 Å². The summed E-state index contributed by atoms with van der Waals surface area (Å²) in [5, 5.41) is 6.36. The Morgan fingerprint density at radius 1 is 1.69 bits per heavy atom. The van der Waals surface area contributed by atoms with Crippen LogP contribution in [0.2, 0.25) is 5.22 Å². The minimum absolute atomic E-state index is 0.150. The van der Waals surface area contributed by atoms with Crippen LogP contribution in [-0.2, 0) is 0 Å². The summed E-state index contributed by atoms with van der Waals surface area (Å²) in [6.07, 6.45) is 4.80. The summed E-state index contributed by atoms with van der Waals surface area (Å²) in [7, 11) is 0. The molecule has 5 heteroatoms. The highest BCUT2D eigenvalue weighted by molar-refractivity contribution is 6.32. The third-order valence-electron chi connectivity index (χ3n) is 2.80. The van der Waals surface area contributed by atoms with E-state index in [9.17, 15) is 4.79 Å². The quantitative estimate of drug-likeness (QED) is 0.847. The predicted octanol–water partition coefficient (Wildman–Crippen LogP) is 1.80. The van der Waals surface area contributed by atoms with E-state index >= 15 is 0 Å². The normalized spacial score (nSPS) is 19.9. The van der Waals surface area contributed by atoms with Crippen LogP contribution >= 0.6 is 11.6 Å². The van der Waals surface area contributed by atoms with Crippen molar-refractivity contribution < 1.29 is 9.21 Å². The van der Waals surface area contributed by atoms with Crippen molar-refractivity contribution in [3.63, 3.8) is 0 Å². The Bertz CT molecular complexity index is 359. The standard InChI is InChI=1S/C11H15ClN2O2/c12-10-9(4-7-16-10)11(15)14-6-3-8-2-1-5-13-8/h4,7-8,13H,1-3,5-6H2,(H,14,15)/t8-/m0/s1. The van der Waals surface area contributed by atoms with Gasteiger partial charge in [0.2, 0.25) is 5.22 Å². The van der Waals surface area contributed by atoms with Crippen LogP contribution in [0.5, 0.6) is 0 Å². The van der Waals surface area contributed by atoms with Crippen LogP contribution in [0.25, 0.3) is 0 Å². The van der Waals surface area contributed by atoms with Gasteiger partial charge in [-0.15, -0.1) is 0 Å². The van der Waals surface area contributed by atoms with E-state index in [4.69, 9.17) is 16.0 Å². The highest BCUT2D eigenvalue weighted by Crippen LogP contribution is 2.16. The molecule has 1 aliphatic rings. The van der Waals surface area contributed by atoms with Crippen molar-refractivity contribution in [1.29, 1.82) is 0 Å². The molecule has 0 aromatic carbocycles. The molecule has 0 aliphatic carbocycles. The molecule has 1 aromatic heterocycles. The predicted molar refractivity (Wildman–Crippen MR) is 61.7 cm³/mol. The molecule has 1 amide bonds. The molecule has 0 spiro atoms. The second kappa shape index (κ2) is 5.37. The van der Waals surface area contributed by atoms with Gasteiger partial charge in [0.25, 0.3) is 5.91 Å². The molecule has 2 rings (SSSR count). The molecule has 2 N–H and O–H groups in total. The Hall–Kier alpha value is -1.00. The van der Waals surface area contributed by atoms with Gasteiger partial charge in [-0.3, -0.25) is 4.79 Å². The van der Waals surface area contributed by atoms with E-state index in [0.29, 0.717) is 18.2 Å². The summed E-state index contributed by atoms with van der Waals surface area (Å²) >= 11 is 5.70. The van der Waals surface area contributed by atoms with Crippen molar-refractivity contribution in [2.75, 3.05) is 13.1 Å². The Labute approximate surface area is 99.3 Å². The van der Waals surface area contributed by atoms with E-state index in [2.05, 4.69) is 10.6 Å². The van der Waals surface area contributed by atoms with Gasteiger partial charge < -0.3 is 15.1 Å². The fourth-order valence-electron chi connectivity index (χ4n) is 1.91. The number of hydrogen-bond acceptors (Lipinski definition) is 3. The first kappa shape index (κ1) is 11.5. The summed E-state index contributed by atoms with van der Waals surface area (Å²) < 4.78 is 4.86. The molecule has 1 aromatic rings. The zero-order valence-corrected chi connectivity index (χ0v) is 9.72. The van der Waals surface area contributed by atoms with Crippen molar-refractivity contribution in [1.82, 2.24) is 10.6 Å². The third kappa shape index (κ3) is 2.77. The van der Waals surface area contributed by atoms with Gasteiger partial charge in [0.15, 0.2) is 0 Å². The van der Waals surface area contributed by atoms with Crippen LogP contribution in [0.3, 0.4) is 0 Å². The Kier molecular flexibility index (Phi) is 3.85. The first-order valence-electron chi connectivity index (χ1n) is 5.52. The fourth-order valence-corrected chi connectivity index (χ4v) is 2.11. The number of rotatable bonds is 4. The van der Waals surface area contributed by atoms with Gasteiger partial charge in [-0.05, 0) is 43.5 Å². The molecular weight excluding hydrogens is 228 g/mol. The number of carbonyl (C=O) groups excluding carboxylic acids is 1. The SMILES string of the molecule is O=C(NCC[C@@H]1CCCN1)c1ccoc1Cl. The van der Waals surface area contributed by atoms with E-state index in [0.717, 1.165) is 13.0 Å². The molecule has 0 bridgehead atoms. The molecule has 16 heavy (non-hydrogen) atoms. The number of furan rings is 1. The lowest BCUT2D eigenvalue weighted by molar-refractivity contribution is 0.0952. The number of carbonyl (C=O) groups is 1. The Morgan fingerprint density at radius 3 is 3.19 bits per heavy atom. The molecule has 1 saturated heterocycles. The van der Waals surface area contributed by atoms with Crippen molar-refractivity contribution in [2.24, 2.45) is 0 Å². The molecule has 2 heterocycles. The van der Waals surface area contributed by atoms with Crippen molar-refractivity contribution >= 4 is 17.5 Å². The van der Waals surface area contributed by atoms with Crippen LogP contribution in [-0.4, -0.2) is 25.0 Å². The second-order valence-corrected chi connectivity index (χ2v) is 4.29. The van der Waals surface area contributed by atoms with Crippen LogP contribution in [0.15, 0.2) is 16.7 Å². The Balaban J connectivity index is 1.73. The molecule has 0 saturated carbocycles. The lowest BCUT2D eigenvalue weighted by Gasteiger charge is -2.10. The van der Waals surface area contributed by atoms with Gasteiger partial charge in [-0.2, -0.15) is 0 Å². The van der Waals surface area contributed by atoms with Gasteiger partial charge in [0, 0.05) is 12.6 Å². The summed E-state index contributed by atoms with van der Waals surface area (Å²) in [6, 6.07) is 2.12. The molecule has 88 valence electrons. The van der Waals surface area contributed by atoms with Crippen LogP contribution in [0, 0.1) is 0 Å². The average Bonchev–Trinajstić information content (AvgIpc) is 2.88. The molecular formula is C11H15ClN2O2. The molecule has 4 nitrogen and oxygen atoms in total. The van der Waals surface area contributed by atoms with Crippen molar-refractivity contribution in [3.8, 4) is 0 Å². The Morgan fingerprint density at radius 2 is 2.56 bits per heavy atom. The van der Waals surface area contributed by atoms with E-state index < -0.39 is 0 Å². The van der Waals surface area contributed by atoms with Crippen molar-refractivity contribution in [2.45, 2.75) is 25.3 Å². The molecule has 0 radical (unpaired) electrons. The highest BCUT2D eigenvalue weighted by atomic mass is 35.5. The van der Waals surface area contributed by atoms with Crippen LogP contribution in [0.4, 0.5) is 0 Å². The highest BCUT2D eigenvalue weighted by Gasteiger charge is 2.15. The summed E-state index contributed by atoms with van der Waals surface area (Å²) in [5.74, 6) is -0.170. The largest absolute Gasteiger partial charge is 0.452 e. The van der Waals surface area contributed by atoms with Crippen LogP contribution < -0.4 is 10.6 Å². The molecule has 1 aliphatic heterocycles. The first-order chi connectivity index (χ1) is 7.77. The summed E-state index contributed by atoms with van der Waals surface area (Å²) in [4.78, 5) is 11.6. The van der Waals surface area contributed by atoms with Gasteiger partial charge in [0.1, 0.15) is 0 Å². The van der Waals surface area contributed by atoms with E-state index in [-0.39, 0.29) is 11.1 Å².